The monoisotopic (exact) mass is 250 g/mol. The highest BCUT2D eigenvalue weighted by molar-refractivity contribution is 5.86. The van der Waals surface area contributed by atoms with E-state index in [-0.39, 0.29) is 6.42 Å². The predicted molar refractivity (Wildman–Crippen MR) is 64.2 cm³/mol. The topological polar surface area (TPSA) is 37.3 Å². The van der Waals surface area contributed by atoms with Crippen LogP contribution in [0.1, 0.15) is 59.8 Å². The minimum absolute atomic E-state index is 0.153. The molecule has 0 aliphatic rings. The van der Waals surface area contributed by atoms with Crippen molar-refractivity contribution in [2.24, 2.45) is 5.41 Å². The molecule has 0 aromatic carbocycles. The molecule has 0 aromatic rings. The number of carbonyl (C=O) groups excluding carboxylic acids is 1. The first-order valence-corrected chi connectivity index (χ1v) is 6.23. The maximum atomic E-state index is 13.6. The Balaban J connectivity index is 4.35. The van der Waals surface area contributed by atoms with Gasteiger partial charge in [0.25, 0.3) is 0 Å². The molecule has 0 fully saturated rings. The van der Waals surface area contributed by atoms with Crippen LogP contribution >= 0.6 is 0 Å². The third-order valence-electron chi connectivity index (χ3n) is 2.79. The van der Waals surface area contributed by atoms with Crippen LogP contribution in [0, 0.1) is 5.41 Å². The van der Waals surface area contributed by atoms with E-state index >= 15 is 0 Å². The van der Waals surface area contributed by atoms with E-state index in [1.165, 1.54) is 20.8 Å². The summed E-state index contributed by atoms with van der Waals surface area (Å²) in [7, 11) is 0. The zero-order valence-corrected chi connectivity index (χ0v) is 11.2. The molecule has 0 rings (SSSR count). The zero-order valence-electron chi connectivity index (χ0n) is 11.2. The maximum absolute atomic E-state index is 13.6. The number of hydrogen-bond donors (Lipinski definition) is 1. The Morgan fingerprint density at radius 1 is 1.18 bits per heavy atom. The van der Waals surface area contributed by atoms with Gasteiger partial charge in [-0.2, -0.15) is 8.78 Å². The lowest BCUT2D eigenvalue weighted by Gasteiger charge is -2.31. The van der Waals surface area contributed by atoms with Gasteiger partial charge in [-0.05, 0) is 11.8 Å². The second-order valence-corrected chi connectivity index (χ2v) is 5.63. The molecule has 4 heteroatoms. The summed E-state index contributed by atoms with van der Waals surface area (Å²) >= 11 is 0. The Labute approximate surface area is 102 Å². The number of halogens is 2. The fourth-order valence-electron chi connectivity index (χ4n) is 1.58. The van der Waals surface area contributed by atoms with E-state index in [0.717, 1.165) is 19.3 Å². The highest BCUT2D eigenvalue weighted by Crippen LogP contribution is 2.33. The lowest BCUT2D eigenvalue weighted by Crippen LogP contribution is -2.48. The summed E-state index contributed by atoms with van der Waals surface area (Å²) in [5.41, 5.74) is -0.997. The van der Waals surface area contributed by atoms with Gasteiger partial charge in [-0.15, -0.1) is 0 Å². The van der Waals surface area contributed by atoms with Crippen molar-refractivity contribution in [1.82, 2.24) is 0 Å². The van der Waals surface area contributed by atoms with E-state index in [9.17, 15) is 18.7 Å². The third-order valence-corrected chi connectivity index (χ3v) is 2.79. The number of aliphatic hydroxyl groups is 1. The van der Waals surface area contributed by atoms with Crippen LogP contribution in [0.4, 0.5) is 8.78 Å². The van der Waals surface area contributed by atoms with Crippen molar-refractivity contribution < 1.29 is 18.7 Å². The van der Waals surface area contributed by atoms with Crippen LogP contribution in [0.2, 0.25) is 0 Å². The molecule has 102 valence electrons. The predicted octanol–water partition coefficient (Wildman–Crippen LogP) is 3.57. The number of ketones is 1. The zero-order chi connectivity index (χ0) is 13.7. The molecule has 0 spiro atoms. The molecule has 1 N–H and O–H groups in total. The summed E-state index contributed by atoms with van der Waals surface area (Å²) in [4.78, 5) is 11.4. The van der Waals surface area contributed by atoms with Crippen molar-refractivity contribution in [2.75, 3.05) is 0 Å². The number of aliphatic hydroxyl groups excluding tert-OH is 1. The molecule has 0 aliphatic heterocycles. The van der Waals surface area contributed by atoms with Gasteiger partial charge in [0.15, 0.2) is 0 Å². The molecular formula is C13H24F2O2. The quantitative estimate of drug-likeness (QED) is 0.701. The van der Waals surface area contributed by atoms with Gasteiger partial charge >= 0.3 is 5.92 Å². The lowest BCUT2D eigenvalue weighted by atomic mass is 9.83. The first-order chi connectivity index (χ1) is 7.64. The molecule has 0 heterocycles. The summed E-state index contributed by atoms with van der Waals surface area (Å²) < 4.78 is 27.2. The minimum atomic E-state index is -3.63. The van der Waals surface area contributed by atoms with E-state index < -0.39 is 23.2 Å². The van der Waals surface area contributed by atoms with Crippen LogP contribution in [0.25, 0.3) is 0 Å². The van der Waals surface area contributed by atoms with Crippen molar-refractivity contribution in [3.05, 3.63) is 0 Å². The molecular weight excluding hydrogens is 226 g/mol. The Bertz CT molecular complexity index is 244. The van der Waals surface area contributed by atoms with Crippen molar-refractivity contribution in [2.45, 2.75) is 71.8 Å². The Morgan fingerprint density at radius 3 is 2.12 bits per heavy atom. The van der Waals surface area contributed by atoms with Crippen LogP contribution < -0.4 is 0 Å². The molecule has 0 aromatic heterocycles. The maximum Gasteiger partial charge on any atom is 0.330 e. The van der Waals surface area contributed by atoms with Gasteiger partial charge in [0, 0.05) is 6.42 Å². The van der Waals surface area contributed by atoms with E-state index in [1.807, 2.05) is 6.92 Å². The highest BCUT2D eigenvalue weighted by Gasteiger charge is 2.50. The van der Waals surface area contributed by atoms with Crippen LogP contribution in [0.15, 0.2) is 0 Å². The standard InChI is InChI=1S/C13H24F2O2/c1-5-6-7-8-9-10(16)13(14,15)11(17)12(2,3)4/h11,17H,5-9H2,1-4H3. The number of carbonyl (C=O) groups is 1. The van der Waals surface area contributed by atoms with Gasteiger partial charge in [-0.25, -0.2) is 0 Å². The van der Waals surface area contributed by atoms with Gasteiger partial charge in [-0.1, -0.05) is 47.0 Å². The number of rotatable bonds is 7. The Hall–Kier alpha value is -0.510. The van der Waals surface area contributed by atoms with E-state index in [0.29, 0.717) is 6.42 Å². The summed E-state index contributed by atoms with van der Waals surface area (Å²) in [5.74, 6) is -4.78. The van der Waals surface area contributed by atoms with Gasteiger partial charge in [-0.3, -0.25) is 4.79 Å². The molecule has 0 amide bonds. The van der Waals surface area contributed by atoms with Gasteiger partial charge in [0.1, 0.15) is 6.10 Å². The van der Waals surface area contributed by atoms with Crippen LogP contribution in [0.3, 0.4) is 0 Å². The molecule has 0 saturated carbocycles. The first kappa shape index (κ1) is 16.5. The fourth-order valence-corrected chi connectivity index (χ4v) is 1.58. The van der Waals surface area contributed by atoms with E-state index in [2.05, 4.69) is 0 Å². The molecule has 0 radical (unpaired) electrons. The summed E-state index contributed by atoms with van der Waals surface area (Å²) in [5, 5.41) is 9.52. The second kappa shape index (κ2) is 6.43. The SMILES string of the molecule is CCCCCCC(=O)C(F)(F)C(O)C(C)(C)C. The second-order valence-electron chi connectivity index (χ2n) is 5.63. The van der Waals surface area contributed by atoms with Gasteiger partial charge in [0.05, 0.1) is 0 Å². The van der Waals surface area contributed by atoms with E-state index in [4.69, 9.17) is 0 Å². The Morgan fingerprint density at radius 2 is 1.71 bits per heavy atom. The third kappa shape index (κ3) is 5.11. The lowest BCUT2D eigenvalue weighted by molar-refractivity contribution is -0.174. The van der Waals surface area contributed by atoms with Crippen molar-refractivity contribution in [1.29, 1.82) is 0 Å². The Kier molecular flexibility index (Phi) is 6.24. The molecule has 1 unspecified atom stereocenters. The van der Waals surface area contributed by atoms with Gasteiger partial charge < -0.3 is 5.11 Å². The molecule has 17 heavy (non-hydrogen) atoms. The minimum Gasteiger partial charge on any atom is -0.386 e. The average molecular weight is 250 g/mol. The number of unbranched alkanes of at least 4 members (excludes halogenated alkanes) is 3. The molecule has 0 aliphatic carbocycles. The smallest absolute Gasteiger partial charge is 0.330 e. The molecule has 0 bridgehead atoms. The van der Waals surface area contributed by atoms with Crippen molar-refractivity contribution in [3.63, 3.8) is 0 Å². The molecule has 2 nitrogen and oxygen atoms in total. The van der Waals surface area contributed by atoms with Gasteiger partial charge in [0.2, 0.25) is 5.78 Å². The number of Topliss-reactive ketones (excluding diaryl/α,β-unsaturated/α-hetero) is 1. The average Bonchev–Trinajstić information content (AvgIpc) is 2.21. The summed E-state index contributed by atoms with van der Waals surface area (Å²) in [6.45, 7) is 6.50. The normalized spacial score (nSPS) is 14.8. The largest absolute Gasteiger partial charge is 0.386 e. The molecule has 1 atom stereocenters. The number of alkyl halides is 2. The summed E-state index contributed by atoms with van der Waals surface area (Å²) in [6, 6.07) is 0. The van der Waals surface area contributed by atoms with Crippen LogP contribution in [-0.2, 0) is 4.79 Å². The van der Waals surface area contributed by atoms with Crippen LogP contribution in [0.5, 0.6) is 0 Å². The molecule has 0 saturated heterocycles. The number of hydrogen-bond acceptors (Lipinski definition) is 2. The van der Waals surface area contributed by atoms with Crippen molar-refractivity contribution in [3.8, 4) is 0 Å². The van der Waals surface area contributed by atoms with Crippen LogP contribution in [-0.4, -0.2) is 22.9 Å². The van der Waals surface area contributed by atoms with Crippen molar-refractivity contribution >= 4 is 5.78 Å². The highest BCUT2D eigenvalue weighted by atomic mass is 19.3. The first-order valence-electron chi connectivity index (χ1n) is 6.23. The summed E-state index contributed by atoms with van der Waals surface area (Å²) in [6.07, 6.45) is 1.12. The van der Waals surface area contributed by atoms with E-state index in [1.54, 1.807) is 0 Å². The fraction of sp³-hybridized carbons (Fsp3) is 0.923.